The fourth-order valence-corrected chi connectivity index (χ4v) is 5.71. The summed E-state index contributed by atoms with van der Waals surface area (Å²) in [6.45, 7) is 0.437. The molecule has 160 valence electrons. The molecule has 0 radical (unpaired) electrons. The van der Waals surface area contributed by atoms with Gasteiger partial charge in [-0.25, -0.2) is 8.42 Å². The Hall–Kier alpha value is -1.97. The molecule has 0 spiro atoms. The Bertz CT molecular complexity index is 1120. The van der Waals surface area contributed by atoms with Crippen LogP contribution in [-0.2, 0) is 16.4 Å². The first-order valence-electron chi connectivity index (χ1n) is 8.40. The van der Waals surface area contributed by atoms with Crippen molar-refractivity contribution in [3.8, 4) is 5.75 Å². The number of halogens is 3. The second kappa shape index (κ2) is 10.9. The van der Waals surface area contributed by atoms with Crippen LogP contribution in [0, 0.1) is 0 Å². The molecule has 0 aliphatic rings. The normalized spacial score (nSPS) is 11.3. The number of hydrogen-bond donors (Lipinski definition) is 2. The molecule has 3 rings (SSSR count). The van der Waals surface area contributed by atoms with Gasteiger partial charge in [-0.05, 0) is 29.3 Å². The third-order valence-electron chi connectivity index (χ3n) is 3.86. The lowest BCUT2D eigenvalue weighted by Gasteiger charge is -2.10. The first kappa shape index (κ1) is 24.3. The Labute approximate surface area is 195 Å². The summed E-state index contributed by atoms with van der Waals surface area (Å²) in [4.78, 5) is -0.0522. The number of sulfonamides is 1. The van der Waals surface area contributed by atoms with Crippen molar-refractivity contribution in [2.45, 2.75) is 11.3 Å². The molecular formula is C19H18Cl3N3O3S2. The van der Waals surface area contributed by atoms with E-state index in [1.165, 1.54) is 6.07 Å². The fourth-order valence-electron chi connectivity index (χ4n) is 2.51. The second-order valence-corrected chi connectivity index (χ2v) is 9.88. The highest BCUT2D eigenvalue weighted by molar-refractivity contribution is 7.93. The van der Waals surface area contributed by atoms with Crippen LogP contribution >= 0.6 is 46.9 Å². The van der Waals surface area contributed by atoms with E-state index in [1.807, 2.05) is 24.3 Å². The predicted octanol–water partition coefficient (Wildman–Crippen LogP) is 5.19. The molecule has 0 aliphatic carbocycles. The predicted molar refractivity (Wildman–Crippen MR) is 126 cm³/mol. The molecule has 2 aromatic carbocycles. The van der Waals surface area contributed by atoms with Crippen LogP contribution in [0.15, 0.2) is 64.6 Å². The van der Waals surface area contributed by atoms with Crippen molar-refractivity contribution in [2.75, 3.05) is 11.3 Å². The van der Waals surface area contributed by atoms with Gasteiger partial charge in [-0.15, -0.1) is 23.7 Å². The van der Waals surface area contributed by atoms with Crippen molar-refractivity contribution >= 4 is 68.9 Å². The lowest BCUT2D eigenvalue weighted by Crippen LogP contribution is -2.12. The lowest BCUT2D eigenvalue weighted by molar-refractivity contribution is 0.322. The Morgan fingerprint density at radius 2 is 1.87 bits per heavy atom. The average molecular weight is 507 g/mol. The summed E-state index contributed by atoms with van der Waals surface area (Å²) in [7, 11) is -3.84. The van der Waals surface area contributed by atoms with E-state index in [2.05, 4.69) is 9.82 Å². The maximum absolute atomic E-state index is 12.5. The highest BCUT2D eigenvalue weighted by Gasteiger charge is 2.21. The molecule has 11 heteroatoms. The van der Waals surface area contributed by atoms with Crippen molar-refractivity contribution in [3.05, 3.63) is 74.4 Å². The van der Waals surface area contributed by atoms with Crippen molar-refractivity contribution < 1.29 is 13.2 Å². The van der Waals surface area contributed by atoms with Crippen LogP contribution in [0.5, 0.6) is 5.75 Å². The van der Waals surface area contributed by atoms with Crippen LogP contribution in [-0.4, -0.2) is 21.2 Å². The smallest absolute Gasteiger partial charge is 0.264 e. The number of nitrogens with zero attached hydrogens (tertiary/aromatic N) is 1. The summed E-state index contributed by atoms with van der Waals surface area (Å²) in [5, 5.41) is 3.48. The first-order chi connectivity index (χ1) is 13.9. The topological polar surface area (TPSA) is 93.8 Å². The maximum Gasteiger partial charge on any atom is 0.264 e. The van der Waals surface area contributed by atoms with Crippen molar-refractivity contribution in [1.29, 1.82) is 0 Å². The molecule has 0 aliphatic heterocycles. The summed E-state index contributed by atoms with van der Waals surface area (Å²) in [5.74, 6) is 5.68. The molecule has 0 saturated heterocycles. The zero-order valence-electron chi connectivity index (χ0n) is 15.4. The number of hydrogen-bond acceptors (Lipinski definition) is 6. The molecular weight excluding hydrogens is 489 g/mol. The summed E-state index contributed by atoms with van der Waals surface area (Å²) in [6.07, 6.45) is 2.27. The molecule has 0 atom stereocenters. The van der Waals surface area contributed by atoms with Crippen LogP contribution in [0.4, 0.5) is 5.69 Å². The Morgan fingerprint density at radius 1 is 1.13 bits per heavy atom. The second-order valence-electron chi connectivity index (χ2n) is 5.94. The number of ether oxygens (including phenoxy) is 1. The zero-order valence-corrected chi connectivity index (χ0v) is 19.4. The lowest BCUT2D eigenvalue weighted by atomic mass is 10.1. The van der Waals surface area contributed by atoms with Gasteiger partial charge in [0.05, 0.1) is 22.8 Å². The molecule has 1 heterocycles. The number of rotatable bonds is 8. The van der Waals surface area contributed by atoms with E-state index in [9.17, 15) is 8.42 Å². The Kier molecular flexibility index (Phi) is 8.81. The van der Waals surface area contributed by atoms with Crippen LogP contribution in [0.25, 0.3) is 0 Å². The van der Waals surface area contributed by atoms with Gasteiger partial charge in [-0.1, -0.05) is 53.5 Å². The monoisotopic (exact) mass is 505 g/mol. The van der Waals surface area contributed by atoms with Gasteiger partial charge in [0.25, 0.3) is 10.0 Å². The molecule has 0 saturated carbocycles. The maximum atomic E-state index is 12.5. The van der Waals surface area contributed by atoms with Gasteiger partial charge in [-0.2, -0.15) is 5.10 Å². The summed E-state index contributed by atoms with van der Waals surface area (Å²) < 4.78 is 33.7. The quantitative estimate of drug-likeness (QED) is 0.250. The van der Waals surface area contributed by atoms with Gasteiger partial charge in [0.15, 0.2) is 0 Å². The number of hydrazone groups is 1. The summed E-state index contributed by atoms with van der Waals surface area (Å²) >= 11 is 12.8. The van der Waals surface area contributed by atoms with E-state index < -0.39 is 10.0 Å². The van der Waals surface area contributed by atoms with Crippen LogP contribution in [0.1, 0.15) is 11.1 Å². The molecule has 3 aromatic rings. The number of benzene rings is 2. The molecule has 30 heavy (non-hydrogen) atoms. The minimum Gasteiger partial charge on any atom is -0.493 e. The van der Waals surface area contributed by atoms with Gasteiger partial charge in [0, 0.05) is 12.5 Å². The molecule has 6 nitrogen and oxygen atoms in total. The van der Waals surface area contributed by atoms with Crippen molar-refractivity contribution in [1.82, 2.24) is 0 Å². The average Bonchev–Trinajstić information content (AvgIpc) is 3.03. The number of thiophene rings is 1. The molecule has 3 N–H and O–H groups in total. The zero-order chi connectivity index (χ0) is 20.9. The van der Waals surface area contributed by atoms with Gasteiger partial charge < -0.3 is 10.6 Å². The van der Waals surface area contributed by atoms with E-state index >= 15 is 0 Å². The highest BCUT2D eigenvalue weighted by atomic mass is 35.5. The Morgan fingerprint density at radius 3 is 2.50 bits per heavy atom. The molecule has 1 aromatic heterocycles. The van der Waals surface area contributed by atoms with E-state index in [0.29, 0.717) is 28.8 Å². The van der Waals surface area contributed by atoms with Gasteiger partial charge in [0.1, 0.15) is 15.0 Å². The van der Waals surface area contributed by atoms with Gasteiger partial charge >= 0.3 is 0 Å². The standard InChI is InChI=1S/C19H17Cl2N3O3S2.ClH/c20-18-11-17(19(21)28-18)29(25,26)24-15-2-1-3-16(10-15)27-9-8-13-4-6-14(7-5-13)12-23-22;/h1-7,10-12,24H,8-9,22H2;1H/b23-12-;. The number of nitrogens with two attached hydrogens (primary N) is 1. The third-order valence-corrected chi connectivity index (χ3v) is 7.00. The third kappa shape index (κ3) is 6.52. The minimum absolute atomic E-state index is 0. The first-order valence-corrected chi connectivity index (χ1v) is 11.5. The number of nitrogens with one attached hydrogen (secondary N) is 1. The molecule has 0 unspecified atom stereocenters. The van der Waals surface area contributed by atoms with Crippen molar-refractivity contribution in [3.63, 3.8) is 0 Å². The Balaban J connectivity index is 0.00000320. The summed E-state index contributed by atoms with van der Waals surface area (Å²) in [6, 6.07) is 15.8. The van der Waals surface area contributed by atoms with E-state index in [-0.39, 0.29) is 21.6 Å². The van der Waals surface area contributed by atoms with Gasteiger partial charge in [-0.3, -0.25) is 4.72 Å². The van der Waals surface area contributed by atoms with E-state index in [1.54, 1.807) is 30.5 Å². The number of anilines is 1. The highest BCUT2D eigenvalue weighted by Crippen LogP contribution is 2.35. The minimum atomic E-state index is -3.84. The SMILES string of the molecule is Cl.N/N=C\c1ccc(CCOc2cccc(NS(=O)(=O)c3cc(Cl)sc3Cl)c2)cc1. The van der Waals surface area contributed by atoms with Crippen LogP contribution in [0.2, 0.25) is 8.67 Å². The van der Waals surface area contributed by atoms with E-state index in [0.717, 1.165) is 22.5 Å². The van der Waals surface area contributed by atoms with Crippen LogP contribution in [0.3, 0.4) is 0 Å². The van der Waals surface area contributed by atoms with Crippen molar-refractivity contribution in [2.24, 2.45) is 10.9 Å². The molecule has 0 bridgehead atoms. The largest absolute Gasteiger partial charge is 0.493 e. The summed E-state index contributed by atoms with van der Waals surface area (Å²) in [5.41, 5.74) is 2.38. The van der Waals surface area contributed by atoms with Gasteiger partial charge in [0.2, 0.25) is 0 Å². The molecule has 0 amide bonds. The molecule has 0 fully saturated rings. The van der Waals surface area contributed by atoms with Crippen LogP contribution < -0.4 is 15.3 Å². The fraction of sp³-hybridized carbons (Fsp3) is 0.105. The van der Waals surface area contributed by atoms with E-state index in [4.69, 9.17) is 33.8 Å².